The van der Waals surface area contributed by atoms with Crippen molar-refractivity contribution in [1.29, 1.82) is 0 Å². The summed E-state index contributed by atoms with van der Waals surface area (Å²) in [7, 11) is -1.26. The highest BCUT2D eigenvalue weighted by molar-refractivity contribution is 7.91. The van der Waals surface area contributed by atoms with Crippen LogP contribution in [-0.4, -0.2) is 49.1 Å². The van der Waals surface area contributed by atoms with Crippen molar-refractivity contribution in [2.75, 3.05) is 23.5 Å². The number of sulfone groups is 1. The molecule has 1 N–H and O–H groups in total. The lowest BCUT2D eigenvalue weighted by atomic mass is 10.1. The van der Waals surface area contributed by atoms with Crippen molar-refractivity contribution in [2.45, 2.75) is 26.3 Å². The van der Waals surface area contributed by atoms with Gasteiger partial charge in [0.05, 0.1) is 22.9 Å². The van der Waals surface area contributed by atoms with Gasteiger partial charge in [-0.3, -0.25) is 4.98 Å². The summed E-state index contributed by atoms with van der Waals surface area (Å²) in [5.41, 5.74) is 1.84. The van der Waals surface area contributed by atoms with Crippen molar-refractivity contribution in [3.8, 4) is 0 Å². The van der Waals surface area contributed by atoms with Gasteiger partial charge in [0.2, 0.25) is 0 Å². The largest absolute Gasteiger partial charge is 0.478 e. The molecule has 0 aromatic carbocycles. The van der Waals surface area contributed by atoms with E-state index in [9.17, 15) is 18.3 Å². The van der Waals surface area contributed by atoms with Gasteiger partial charge in [0, 0.05) is 18.8 Å². The van der Waals surface area contributed by atoms with Gasteiger partial charge >= 0.3 is 5.97 Å². The average molecular weight is 298 g/mol. The molecule has 1 aromatic heterocycles. The number of anilines is 1. The Morgan fingerprint density at radius 2 is 2.10 bits per heavy atom. The van der Waals surface area contributed by atoms with Crippen molar-refractivity contribution in [3.63, 3.8) is 0 Å². The number of hydrogen-bond donors (Lipinski definition) is 1. The first-order chi connectivity index (χ1) is 9.21. The number of aryl methyl sites for hydroxylation is 2. The second-order valence-corrected chi connectivity index (χ2v) is 7.44. The van der Waals surface area contributed by atoms with Crippen LogP contribution in [0.4, 0.5) is 5.69 Å². The molecule has 1 aliphatic rings. The van der Waals surface area contributed by atoms with Gasteiger partial charge in [-0.1, -0.05) is 0 Å². The number of carbonyl (C=O) groups is 1. The summed E-state index contributed by atoms with van der Waals surface area (Å²) in [6, 6.07) is 1.51. The molecule has 20 heavy (non-hydrogen) atoms. The number of carboxylic acid groups (broad SMARTS) is 1. The first-order valence-electron chi connectivity index (χ1n) is 6.36. The first-order valence-corrected chi connectivity index (χ1v) is 8.18. The Bertz CT molecular complexity index is 655. The normalized spacial score (nSPS) is 20.9. The zero-order valence-corrected chi connectivity index (χ0v) is 12.6. The van der Waals surface area contributed by atoms with Crippen LogP contribution in [0.15, 0.2) is 6.07 Å². The van der Waals surface area contributed by atoms with Gasteiger partial charge in [0.1, 0.15) is 5.56 Å². The maximum atomic E-state index is 11.6. The third-order valence-corrected chi connectivity index (χ3v) is 5.41. The molecule has 0 aliphatic carbocycles. The van der Waals surface area contributed by atoms with Gasteiger partial charge in [-0.05, 0) is 26.3 Å². The number of nitrogens with zero attached hydrogens (tertiary/aromatic N) is 2. The third-order valence-electron chi connectivity index (χ3n) is 3.66. The summed E-state index contributed by atoms with van der Waals surface area (Å²) in [4.78, 5) is 17.3. The fourth-order valence-electron chi connectivity index (χ4n) is 2.63. The van der Waals surface area contributed by atoms with E-state index in [0.29, 0.717) is 17.8 Å². The molecule has 1 aromatic rings. The van der Waals surface area contributed by atoms with Crippen LogP contribution in [0.3, 0.4) is 0 Å². The van der Waals surface area contributed by atoms with Gasteiger partial charge in [-0.25, -0.2) is 13.2 Å². The second-order valence-electron chi connectivity index (χ2n) is 5.22. The van der Waals surface area contributed by atoms with Gasteiger partial charge in [-0.15, -0.1) is 0 Å². The van der Waals surface area contributed by atoms with E-state index in [0.717, 1.165) is 5.69 Å². The van der Waals surface area contributed by atoms with E-state index in [1.165, 1.54) is 0 Å². The molecule has 1 atom stereocenters. The molecule has 1 aliphatic heterocycles. The molecule has 0 amide bonds. The van der Waals surface area contributed by atoms with E-state index in [2.05, 4.69) is 4.98 Å². The van der Waals surface area contributed by atoms with E-state index in [-0.39, 0.29) is 23.1 Å². The van der Waals surface area contributed by atoms with Crippen LogP contribution in [0.5, 0.6) is 0 Å². The molecular weight excluding hydrogens is 280 g/mol. The van der Waals surface area contributed by atoms with E-state index in [1.807, 2.05) is 0 Å². The number of aromatic nitrogens is 1. The minimum atomic E-state index is -3.01. The number of rotatable bonds is 3. The smallest absolute Gasteiger partial charge is 0.339 e. The summed E-state index contributed by atoms with van der Waals surface area (Å²) in [6.45, 7) is 3.44. The van der Waals surface area contributed by atoms with Gasteiger partial charge in [0.25, 0.3) is 0 Å². The van der Waals surface area contributed by atoms with Crippen molar-refractivity contribution < 1.29 is 18.3 Å². The maximum Gasteiger partial charge on any atom is 0.339 e. The van der Waals surface area contributed by atoms with Crippen LogP contribution in [-0.2, 0) is 9.84 Å². The lowest BCUT2D eigenvalue weighted by Gasteiger charge is -2.27. The highest BCUT2D eigenvalue weighted by atomic mass is 32.2. The molecule has 0 saturated carbocycles. The fraction of sp³-hybridized carbons (Fsp3) is 0.538. The summed E-state index contributed by atoms with van der Waals surface area (Å²) in [6.07, 6.45) is 0.526. The molecule has 0 spiro atoms. The van der Waals surface area contributed by atoms with E-state index < -0.39 is 15.8 Å². The topological polar surface area (TPSA) is 87.6 Å². The fourth-order valence-corrected chi connectivity index (χ4v) is 4.40. The van der Waals surface area contributed by atoms with Crippen LogP contribution in [0.1, 0.15) is 28.2 Å². The summed E-state index contributed by atoms with van der Waals surface area (Å²) >= 11 is 0. The van der Waals surface area contributed by atoms with Crippen LogP contribution < -0.4 is 4.90 Å². The standard InChI is InChI=1S/C13H18N2O4S/c1-8-6-11(12(13(16)17)9(2)14-8)15(3)10-4-5-20(18,19)7-10/h6,10H,4-5,7H2,1-3H3,(H,16,17). The minimum absolute atomic E-state index is 0.0724. The van der Waals surface area contributed by atoms with Crippen molar-refractivity contribution in [2.24, 2.45) is 0 Å². The van der Waals surface area contributed by atoms with E-state index in [1.54, 1.807) is 31.9 Å². The molecule has 1 fully saturated rings. The second kappa shape index (κ2) is 5.05. The Balaban J connectivity index is 2.44. The molecule has 1 saturated heterocycles. The molecule has 1 unspecified atom stereocenters. The molecule has 2 rings (SSSR count). The first kappa shape index (κ1) is 14.8. The monoisotopic (exact) mass is 298 g/mol. The zero-order valence-electron chi connectivity index (χ0n) is 11.8. The molecule has 110 valence electrons. The summed E-state index contributed by atoms with van der Waals surface area (Å²) in [5.74, 6) is -0.811. The van der Waals surface area contributed by atoms with E-state index in [4.69, 9.17) is 0 Å². The lowest BCUT2D eigenvalue weighted by Crippen LogP contribution is -2.34. The molecule has 2 heterocycles. The van der Waals surface area contributed by atoms with E-state index >= 15 is 0 Å². The highest BCUT2D eigenvalue weighted by Crippen LogP contribution is 2.28. The van der Waals surface area contributed by atoms with Crippen molar-refractivity contribution >= 4 is 21.5 Å². The Hall–Kier alpha value is -1.63. The quantitative estimate of drug-likeness (QED) is 0.896. The molecular formula is C13H18N2O4S. The Morgan fingerprint density at radius 1 is 1.45 bits per heavy atom. The van der Waals surface area contributed by atoms with Crippen LogP contribution in [0.25, 0.3) is 0 Å². The summed E-state index contributed by atoms with van der Waals surface area (Å²) in [5, 5.41) is 9.35. The highest BCUT2D eigenvalue weighted by Gasteiger charge is 2.32. The number of carboxylic acids is 1. The average Bonchev–Trinajstić information content (AvgIpc) is 2.67. The predicted octanol–water partition coefficient (Wildman–Crippen LogP) is 1.02. The number of aromatic carboxylic acids is 1. The van der Waals surface area contributed by atoms with Crippen molar-refractivity contribution in [1.82, 2.24) is 4.98 Å². The summed E-state index contributed by atoms with van der Waals surface area (Å²) < 4.78 is 23.1. The Kier molecular flexibility index (Phi) is 3.73. The SMILES string of the molecule is Cc1cc(N(C)C2CCS(=O)(=O)C2)c(C(=O)O)c(C)n1. The molecule has 7 heteroatoms. The van der Waals surface area contributed by atoms with Gasteiger partial charge < -0.3 is 10.0 Å². The maximum absolute atomic E-state index is 11.6. The van der Waals surface area contributed by atoms with Gasteiger partial charge in [0.15, 0.2) is 9.84 Å². The number of hydrogen-bond acceptors (Lipinski definition) is 5. The minimum Gasteiger partial charge on any atom is -0.478 e. The third kappa shape index (κ3) is 2.77. The Morgan fingerprint density at radius 3 is 2.60 bits per heavy atom. The van der Waals surface area contributed by atoms with Crippen LogP contribution >= 0.6 is 0 Å². The predicted molar refractivity (Wildman–Crippen MR) is 76.1 cm³/mol. The molecule has 6 nitrogen and oxygen atoms in total. The van der Waals surface area contributed by atoms with Crippen LogP contribution in [0, 0.1) is 13.8 Å². The zero-order chi connectivity index (χ0) is 15.1. The van der Waals surface area contributed by atoms with Crippen molar-refractivity contribution in [3.05, 3.63) is 23.0 Å². The molecule has 0 bridgehead atoms. The lowest BCUT2D eigenvalue weighted by molar-refractivity contribution is 0.0696. The van der Waals surface area contributed by atoms with Gasteiger partial charge in [-0.2, -0.15) is 0 Å². The van der Waals surface area contributed by atoms with Crippen LogP contribution in [0.2, 0.25) is 0 Å². The number of pyridine rings is 1. The Labute approximate surface area is 118 Å². The molecule has 0 radical (unpaired) electrons.